The lowest BCUT2D eigenvalue weighted by Crippen LogP contribution is -2.34. The van der Waals surface area contributed by atoms with Crippen LogP contribution >= 0.6 is 27.3 Å². The van der Waals surface area contributed by atoms with Crippen molar-refractivity contribution in [2.24, 2.45) is 11.7 Å². The molecule has 0 bridgehead atoms. The first-order valence-corrected chi connectivity index (χ1v) is 8.53. The lowest BCUT2D eigenvalue weighted by Gasteiger charge is -2.32. The summed E-state index contributed by atoms with van der Waals surface area (Å²) < 4.78 is 1.21. The molecule has 0 spiro atoms. The molecule has 1 aliphatic carbocycles. The summed E-state index contributed by atoms with van der Waals surface area (Å²) in [5.74, 6) is 0.872. The third-order valence-corrected chi connectivity index (χ3v) is 5.95. The largest absolute Gasteiger partial charge is 0.329 e. The van der Waals surface area contributed by atoms with Gasteiger partial charge in [0.05, 0.1) is 6.04 Å². The van der Waals surface area contributed by atoms with E-state index < -0.39 is 0 Å². The molecular formula is C14H23BrN2S. The van der Waals surface area contributed by atoms with Gasteiger partial charge in [0.25, 0.3) is 0 Å². The Labute approximate surface area is 123 Å². The minimum absolute atomic E-state index is 0.362. The molecule has 1 saturated carbocycles. The van der Waals surface area contributed by atoms with Crippen LogP contribution in [0.1, 0.15) is 43.0 Å². The number of halogens is 1. The molecule has 0 amide bonds. The van der Waals surface area contributed by atoms with Crippen molar-refractivity contribution in [1.29, 1.82) is 0 Å². The van der Waals surface area contributed by atoms with Crippen molar-refractivity contribution in [1.82, 2.24) is 4.90 Å². The van der Waals surface area contributed by atoms with Gasteiger partial charge in [-0.25, -0.2) is 0 Å². The van der Waals surface area contributed by atoms with Crippen LogP contribution in [0.2, 0.25) is 0 Å². The molecule has 1 atom stereocenters. The van der Waals surface area contributed by atoms with E-state index in [0.717, 1.165) is 5.92 Å². The van der Waals surface area contributed by atoms with E-state index in [4.69, 9.17) is 5.73 Å². The van der Waals surface area contributed by atoms with Gasteiger partial charge in [-0.1, -0.05) is 19.3 Å². The van der Waals surface area contributed by atoms with Crippen molar-refractivity contribution in [2.45, 2.75) is 38.1 Å². The topological polar surface area (TPSA) is 29.3 Å². The monoisotopic (exact) mass is 330 g/mol. The molecular weight excluding hydrogens is 308 g/mol. The van der Waals surface area contributed by atoms with Gasteiger partial charge < -0.3 is 5.73 Å². The Morgan fingerprint density at radius 3 is 2.72 bits per heavy atom. The SMILES string of the molecule is CN(CC1CCCCC1)C(CN)c1sccc1Br. The van der Waals surface area contributed by atoms with Gasteiger partial charge in [0.1, 0.15) is 0 Å². The van der Waals surface area contributed by atoms with Crippen molar-refractivity contribution in [3.05, 3.63) is 20.8 Å². The Bertz CT molecular complexity index is 360. The minimum Gasteiger partial charge on any atom is -0.329 e. The molecule has 0 aliphatic heterocycles. The van der Waals surface area contributed by atoms with Crippen LogP contribution in [0.15, 0.2) is 15.9 Å². The van der Waals surface area contributed by atoms with Crippen LogP contribution in [-0.4, -0.2) is 25.0 Å². The second-order valence-electron chi connectivity index (χ2n) is 5.33. The predicted octanol–water partition coefficient (Wildman–Crippen LogP) is 4.02. The van der Waals surface area contributed by atoms with Crippen LogP contribution in [-0.2, 0) is 0 Å². The number of likely N-dealkylation sites (N-methyl/N-ethyl adjacent to an activating group) is 1. The summed E-state index contributed by atoms with van der Waals surface area (Å²) in [6, 6.07) is 2.48. The van der Waals surface area contributed by atoms with Crippen LogP contribution in [0.25, 0.3) is 0 Å². The maximum Gasteiger partial charge on any atom is 0.0573 e. The van der Waals surface area contributed by atoms with E-state index in [1.807, 2.05) is 0 Å². The molecule has 102 valence electrons. The molecule has 0 aromatic carbocycles. The highest BCUT2D eigenvalue weighted by atomic mass is 79.9. The highest BCUT2D eigenvalue weighted by Crippen LogP contribution is 2.33. The van der Waals surface area contributed by atoms with Gasteiger partial charge in [-0.15, -0.1) is 11.3 Å². The van der Waals surface area contributed by atoms with Crippen LogP contribution in [0.4, 0.5) is 0 Å². The Hall–Kier alpha value is 0.100. The summed E-state index contributed by atoms with van der Waals surface area (Å²) in [4.78, 5) is 3.82. The zero-order chi connectivity index (χ0) is 13.0. The summed E-state index contributed by atoms with van der Waals surface area (Å²) in [6.45, 7) is 1.88. The van der Waals surface area contributed by atoms with Gasteiger partial charge >= 0.3 is 0 Å². The Kier molecular flexibility index (Phi) is 5.67. The van der Waals surface area contributed by atoms with E-state index in [-0.39, 0.29) is 0 Å². The summed E-state index contributed by atoms with van der Waals surface area (Å²) in [5.41, 5.74) is 5.98. The minimum atomic E-state index is 0.362. The number of rotatable bonds is 5. The smallest absolute Gasteiger partial charge is 0.0573 e. The number of nitrogens with zero attached hydrogens (tertiary/aromatic N) is 1. The summed E-state index contributed by atoms with van der Waals surface area (Å²) in [7, 11) is 2.22. The second-order valence-corrected chi connectivity index (χ2v) is 7.13. The highest BCUT2D eigenvalue weighted by Gasteiger charge is 2.23. The number of hydrogen-bond donors (Lipinski definition) is 1. The van der Waals surface area contributed by atoms with Crippen molar-refractivity contribution in [3.63, 3.8) is 0 Å². The second kappa shape index (κ2) is 7.04. The van der Waals surface area contributed by atoms with Crippen LogP contribution in [0.5, 0.6) is 0 Å². The van der Waals surface area contributed by atoms with E-state index in [9.17, 15) is 0 Å². The van der Waals surface area contributed by atoms with E-state index in [0.29, 0.717) is 12.6 Å². The quantitative estimate of drug-likeness (QED) is 0.883. The number of hydrogen-bond acceptors (Lipinski definition) is 3. The molecule has 1 aromatic rings. The Balaban J connectivity index is 1.97. The Morgan fingerprint density at radius 2 is 2.17 bits per heavy atom. The van der Waals surface area contributed by atoms with Crippen LogP contribution < -0.4 is 5.73 Å². The van der Waals surface area contributed by atoms with Gasteiger partial charge in [0.15, 0.2) is 0 Å². The predicted molar refractivity (Wildman–Crippen MR) is 83.0 cm³/mol. The average Bonchev–Trinajstić information content (AvgIpc) is 2.78. The standard InChI is InChI=1S/C14H23BrN2S/c1-17(10-11-5-3-2-4-6-11)13(9-16)14-12(15)7-8-18-14/h7-8,11,13H,2-6,9-10,16H2,1H3. The first-order chi connectivity index (χ1) is 8.72. The molecule has 1 fully saturated rings. The molecule has 2 N–H and O–H groups in total. The number of thiophene rings is 1. The lowest BCUT2D eigenvalue weighted by molar-refractivity contribution is 0.187. The van der Waals surface area contributed by atoms with E-state index in [1.54, 1.807) is 11.3 Å². The van der Waals surface area contributed by atoms with Crippen molar-refractivity contribution >= 4 is 27.3 Å². The molecule has 1 heterocycles. The first-order valence-electron chi connectivity index (χ1n) is 6.85. The molecule has 2 nitrogen and oxygen atoms in total. The van der Waals surface area contributed by atoms with E-state index in [1.165, 1.54) is 48.0 Å². The normalized spacial score (nSPS) is 19.3. The molecule has 1 aromatic heterocycles. The maximum atomic E-state index is 5.98. The fraction of sp³-hybridized carbons (Fsp3) is 0.714. The van der Waals surface area contributed by atoms with Crippen molar-refractivity contribution in [3.8, 4) is 0 Å². The third kappa shape index (κ3) is 3.56. The van der Waals surface area contributed by atoms with Crippen molar-refractivity contribution in [2.75, 3.05) is 20.1 Å². The molecule has 18 heavy (non-hydrogen) atoms. The highest BCUT2D eigenvalue weighted by molar-refractivity contribution is 9.10. The summed E-state index contributed by atoms with van der Waals surface area (Å²) in [6.07, 6.45) is 7.04. The van der Waals surface area contributed by atoms with E-state index in [2.05, 4.69) is 39.3 Å². The summed E-state index contributed by atoms with van der Waals surface area (Å²) in [5, 5.41) is 2.14. The maximum absolute atomic E-state index is 5.98. The molecule has 4 heteroatoms. The fourth-order valence-electron chi connectivity index (χ4n) is 2.93. The Morgan fingerprint density at radius 1 is 1.44 bits per heavy atom. The molecule has 1 unspecified atom stereocenters. The first kappa shape index (κ1) is 14.5. The van der Waals surface area contributed by atoms with Gasteiger partial charge in [0.2, 0.25) is 0 Å². The van der Waals surface area contributed by atoms with Crippen LogP contribution in [0, 0.1) is 5.92 Å². The number of nitrogens with two attached hydrogens (primary N) is 1. The molecule has 0 radical (unpaired) electrons. The fourth-order valence-corrected chi connectivity index (χ4v) is 4.75. The zero-order valence-electron chi connectivity index (χ0n) is 11.1. The lowest BCUT2D eigenvalue weighted by atomic mass is 9.88. The van der Waals surface area contributed by atoms with Crippen molar-refractivity contribution < 1.29 is 0 Å². The van der Waals surface area contributed by atoms with E-state index >= 15 is 0 Å². The van der Waals surface area contributed by atoms with Gasteiger partial charge in [-0.2, -0.15) is 0 Å². The van der Waals surface area contributed by atoms with Gasteiger partial charge in [-0.05, 0) is 53.2 Å². The van der Waals surface area contributed by atoms with Gasteiger partial charge in [-0.3, -0.25) is 4.90 Å². The van der Waals surface area contributed by atoms with Crippen LogP contribution in [0.3, 0.4) is 0 Å². The summed E-state index contributed by atoms with van der Waals surface area (Å²) >= 11 is 5.43. The molecule has 1 aliphatic rings. The van der Waals surface area contributed by atoms with Gasteiger partial charge in [0, 0.05) is 22.4 Å². The molecule has 2 rings (SSSR count). The third-order valence-electron chi connectivity index (χ3n) is 3.97. The average molecular weight is 331 g/mol. The zero-order valence-corrected chi connectivity index (χ0v) is 13.5. The molecule has 0 saturated heterocycles.